The Bertz CT molecular complexity index is 373. The lowest BCUT2D eigenvalue weighted by Gasteiger charge is -1.97. The molecule has 0 atom stereocenters. The summed E-state index contributed by atoms with van der Waals surface area (Å²) in [6.07, 6.45) is 2.44. The van der Waals surface area contributed by atoms with Gasteiger partial charge in [-0.2, -0.15) is 0 Å². The highest BCUT2D eigenvalue weighted by Crippen LogP contribution is 2.22. The first kappa shape index (κ1) is 7.81. The Morgan fingerprint density at radius 3 is 3.00 bits per heavy atom. The van der Waals surface area contributed by atoms with Crippen molar-refractivity contribution in [3.05, 3.63) is 35.2 Å². The van der Waals surface area contributed by atoms with Gasteiger partial charge in [-0.15, -0.1) is 11.3 Å². The molecule has 0 aliphatic heterocycles. The van der Waals surface area contributed by atoms with E-state index in [9.17, 15) is 0 Å². The maximum absolute atomic E-state index is 2.31. The van der Waals surface area contributed by atoms with E-state index >= 15 is 0 Å². The van der Waals surface area contributed by atoms with Gasteiger partial charge in [0.05, 0.1) is 0 Å². The van der Waals surface area contributed by atoms with Crippen molar-refractivity contribution in [1.29, 1.82) is 0 Å². The molecule has 0 saturated carbocycles. The van der Waals surface area contributed by atoms with Crippen LogP contribution in [0.4, 0.5) is 0 Å². The second-order valence-corrected chi connectivity index (χ2v) is 3.99. The van der Waals surface area contributed by atoms with Gasteiger partial charge in [-0.3, -0.25) is 0 Å². The molecule has 1 aromatic carbocycles. The Balaban J connectivity index is 2.46. The molecule has 1 heteroatoms. The molecule has 0 radical (unpaired) electrons. The average Bonchev–Trinajstić information content (AvgIpc) is 2.51. The predicted molar refractivity (Wildman–Crippen MR) is 55.8 cm³/mol. The van der Waals surface area contributed by atoms with E-state index in [2.05, 4.69) is 36.6 Å². The van der Waals surface area contributed by atoms with Crippen LogP contribution in [0.3, 0.4) is 0 Å². The first-order valence-corrected chi connectivity index (χ1v) is 5.24. The Morgan fingerprint density at radius 1 is 1.25 bits per heavy atom. The Kier molecular flexibility index (Phi) is 2.13. The molecule has 2 rings (SSSR count). The number of benzene rings is 1. The number of aryl methyl sites for hydroxylation is 1. The van der Waals surface area contributed by atoms with Crippen LogP contribution >= 0.6 is 11.3 Å². The van der Waals surface area contributed by atoms with E-state index in [0.717, 1.165) is 0 Å². The predicted octanol–water partition coefficient (Wildman–Crippen LogP) is 3.85. The minimum absolute atomic E-state index is 1.20. The molecule has 0 spiro atoms. The van der Waals surface area contributed by atoms with Crippen LogP contribution in [-0.2, 0) is 6.42 Å². The van der Waals surface area contributed by atoms with Crippen LogP contribution in [0.5, 0.6) is 0 Å². The highest BCUT2D eigenvalue weighted by molar-refractivity contribution is 7.17. The van der Waals surface area contributed by atoms with Gasteiger partial charge in [0, 0.05) is 4.70 Å². The van der Waals surface area contributed by atoms with Crippen LogP contribution in [0.15, 0.2) is 29.6 Å². The van der Waals surface area contributed by atoms with Crippen molar-refractivity contribution in [3.8, 4) is 0 Å². The van der Waals surface area contributed by atoms with Gasteiger partial charge in [0.2, 0.25) is 0 Å². The van der Waals surface area contributed by atoms with Crippen LogP contribution in [-0.4, -0.2) is 0 Å². The van der Waals surface area contributed by atoms with Gasteiger partial charge < -0.3 is 0 Å². The monoisotopic (exact) mass is 176 g/mol. The van der Waals surface area contributed by atoms with E-state index in [1.807, 2.05) is 11.3 Å². The third-order valence-corrected chi connectivity index (χ3v) is 2.94. The number of hydrogen-bond acceptors (Lipinski definition) is 1. The molecule has 0 aliphatic carbocycles. The molecule has 0 N–H and O–H groups in total. The molecule has 0 fully saturated rings. The summed E-state index contributed by atoms with van der Waals surface area (Å²) in [5.74, 6) is 0. The van der Waals surface area contributed by atoms with E-state index < -0.39 is 0 Å². The van der Waals surface area contributed by atoms with Crippen molar-refractivity contribution < 1.29 is 0 Å². The van der Waals surface area contributed by atoms with Crippen molar-refractivity contribution in [2.24, 2.45) is 0 Å². The van der Waals surface area contributed by atoms with Crippen LogP contribution in [0.2, 0.25) is 0 Å². The Hall–Kier alpha value is -0.820. The van der Waals surface area contributed by atoms with Gasteiger partial charge in [0.25, 0.3) is 0 Å². The van der Waals surface area contributed by atoms with E-state index in [1.54, 1.807) is 0 Å². The van der Waals surface area contributed by atoms with Gasteiger partial charge in [-0.05, 0) is 34.9 Å². The molecular weight excluding hydrogens is 164 g/mol. The fraction of sp³-hybridized carbons (Fsp3) is 0.273. The zero-order chi connectivity index (χ0) is 8.39. The van der Waals surface area contributed by atoms with Crippen molar-refractivity contribution >= 4 is 21.4 Å². The Morgan fingerprint density at radius 2 is 2.17 bits per heavy atom. The molecule has 0 saturated heterocycles. The summed E-state index contributed by atoms with van der Waals surface area (Å²) in [7, 11) is 0. The summed E-state index contributed by atoms with van der Waals surface area (Å²) in [5, 5.41) is 3.53. The summed E-state index contributed by atoms with van der Waals surface area (Å²) in [6.45, 7) is 2.22. The van der Waals surface area contributed by atoms with Crippen molar-refractivity contribution in [3.63, 3.8) is 0 Å². The minimum Gasteiger partial charge on any atom is -0.144 e. The lowest BCUT2D eigenvalue weighted by molar-refractivity contribution is 0.924. The largest absolute Gasteiger partial charge is 0.144 e. The van der Waals surface area contributed by atoms with E-state index in [1.165, 1.54) is 28.5 Å². The van der Waals surface area contributed by atoms with Gasteiger partial charge >= 0.3 is 0 Å². The summed E-state index contributed by atoms with van der Waals surface area (Å²) >= 11 is 1.83. The van der Waals surface area contributed by atoms with Crippen molar-refractivity contribution in [2.75, 3.05) is 0 Å². The molecule has 2 aromatic rings. The molecule has 0 aliphatic rings. The van der Waals surface area contributed by atoms with E-state index in [4.69, 9.17) is 0 Å². The second-order valence-electron chi connectivity index (χ2n) is 3.04. The minimum atomic E-state index is 1.20. The standard InChI is InChI=1S/C11H12S/c1-2-3-9-4-5-10-6-7-12-11(10)8-9/h4-8H,2-3H2,1H3. The molecule has 62 valence electrons. The summed E-state index contributed by atoms with van der Waals surface area (Å²) < 4.78 is 1.42. The number of hydrogen-bond donors (Lipinski definition) is 0. The molecular formula is C11H12S. The van der Waals surface area contributed by atoms with Gasteiger partial charge in [-0.1, -0.05) is 25.5 Å². The quantitative estimate of drug-likeness (QED) is 0.652. The lowest BCUT2D eigenvalue weighted by Crippen LogP contribution is -1.80. The van der Waals surface area contributed by atoms with Crippen LogP contribution in [0, 0.1) is 0 Å². The maximum Gasteiger partial charge on any atom is 0.0345 e. The summed E-state index contributed by atoms with van der Waals surface area (Å²) in [4.78, 5) is 0. The van der Waals surface area contributed by atoms with Crippen molar-refractivity contribution in [2.45, 2.75) is 19.8 Å². The molecule has 0 nitrogen and oxygen atoms in total. The van der Waals surface area contributed by atoms with Gasteiger partial charge in [0.1, 0.15) is 0 Å². The molecule has 1 heterocycles. The number of thiophene rings is 1. The molecule has 0 bridgehead atoms. The molecule has 0 unspecified atom stereocenters. The number of rotatable bonds is 2. The zero-order valence-corrected chi connectivity index (χ0v) is 8.03. The summed E-state index contributed by atoms with van der Waals surface area (Å²) in [6, 6.07) is 8.94. The molecule has 0 amide bonds. The first-order valence-electron chi connectivity index (χ1n) is 4.36. The Labute approximate surface area is 76.8 Å². The maximum atomic E-state index is 2.31. The SMILES string of the molecule is CCCc1ccc2ccsc2c1. The van der Waals surface area contributed by atoms with Crippen LogP contribution in [0.25, 0.3) is 10.1 Å². The zero-order valence-electron chi connectivity index (χ0n) is 7.21. The van der Waals surface area contributed by atoms with Crippen molar-refractivity contribution in [1.82, 2.24) is 0 Å². The van der Waals surface area contributed by atoms with Crippen LogP contribution in [0.1, 0.15) is 18.9 Å². The summed E-state index contributed by atoms with van der Waals surface area (Å²) in [5.41, 5.74) is 1.47. The fourth-order valence-electron chi connectivity index (χ4n) is 1.44. The molecule has 1 aromatic heterocycles. The second kappa shape index (κ2) is 3.28. The fourth-order valence-corrected chi connectivity index (χ4v) is 2.30. The normalized spacial score (nSPS) is 10.8. The highest BCUT2D eigenvalue weighted by Gasteiger charge is 1.95. The third-order valence-electron chi connectivity index (χ3n) is 2.06. The van der Waals surface area contributed by atoms with Gasteiger partial charge in [-0.25, -0.2) is 0 Å². The first-order chi connectivity index (χ1) is 5.90. The van der Waals surface area contributed by atoms with E-state index in [0.29, 0.717) is 0 Å². The van der Waals surface area contributed by atoms with E-state index in [-0.39, 0.29) is 0 Å². The van der Waals surface area contributed by atoms with Gasteiger partial charge in [0.15, 0.2) is 0 Å². The average molecular weight is 176 g/mol. The molecule has 12 heavy (non-hydrogen) atoms. The third kappa shape index (κ3) is 1.37. The smallest absolute Gasteiger partial charge is 0.0345 e. The lowest BCUT2D eigenvalue weighted by atomic mass is 10.1. The van der Waals surface area contributed by atoms with Crippen LogP contribution < -0.4 is 0 Å². The number of fused-ring (bicyclic) bond motifs is 1. The highest BCUT2D eigenvalue weighted by atomic mass is 32.1. The topological polar surface area (TPSA) is 0 Å².